The van der Waals surface area contributed by atoms with E-state index in [4.69, 9.17) is 0 Å². The molecule has 1 aliphatic carbocycles. The Hall–Kier alpha value is -0.870. The standard InChI is InChI=1S/C13H19NO2S/c1-17(16)8-2-7-14-13-6-3-10-9-11(15)4-5-12(10)13/h4-5,9,13-15H,2-3,6-8H2,1H3. The molecule has 0 amide bonds. The molecule has 3 nitrogen and oxygen atoms in total. The third-order valence-electron chi connectivity index (χ3n) is 3.20. The van der Waals surface area contributed by atoms with Gasteiger partial charge in [-0.05, 0) is 49.1 Å². The van der Waals surface area contributed by atoms with E-state index in [0.717, 1.165) is 31.6 Å². The summed E-state index contributed by atoms with van der Waals surface area (Å²) in [5.41, 5.74) is 2.56. The second-order valence-corrected chi connectivity index (χ2v) is 6.11. The van der Waals surface area contributed by atoms with Crippen molar-refractivity contribution >= 4 is 10.8 Å². The molecule has 0 heterocycles. The monoisotopic (exact) mass is 253 g/mol. The summed E-state index contributed by atoms with van der Waals surface area (Å²) in [6.07, 6.45) is 4.82. The number of phenolic OH excluding ortho intramolecular Hbond substituents is 1. The predicted octanol–water partition coefficient (Wildman–Crippen LogP) is 1.74. The molecule has 2 unspecified atom stereocenters. The average Bonchev–Trinajstić information content (AvgIpc) is 2.66. The summed E-state index contributed by atoms with van der Waals surface area (Å²) in [4.78, 5) is 0. The summed E-state index contributed by atoms with van der Waals surface area (Å²) in [5.74, 6) is 1.12. The lowest BCUT2D eigenvalue weighted by Gasteiger charge is -2.13. The fourth-order valence-electron chi connectivity index (χ4n) is 2.37. The third kappa shape index (κ3) is 3.30. The summed E-state index contributed by atoms with van der Waals surface area (Å²) in [5, 5.41) is 12.9. The van der Waals surface area contributed by atoms with Gasteiger partial charge in [-0.25, -0.2) is 0 Å². The molecule has 17 heavy (non-hydrogen) atoms. The van der Waals surface area contributed by atoms with Gasteiger partial charge in [0, 0.05) is 28.9 Å². The summed E-state index contributed by atoms with van der Waals surface area (Å²) in [7, 11) is -0.690. The molecule has 0 saturated carbocycles. The highest BCUT2D eigenvalue weighted by Gasteiger charge is 2.21. The van der Waals surface area contributed by atoms with Crippen LogP contribution in [0, 0.1) is 0 Å². The van der Waals surface area contributed by atoms with Crippen LogP contribution in [0.5, 0.6) is 5.75 Å². The lowest BCUT2D eigenvalue weighted by atomic mass is 10.1. The lowest BCUT2D eigenvalue weighted by Crippen LogP contribution is -2.21. The smallest absolute Gasteiger partial charge is 0.115 e. The highest BCUT2D eigenvalue weighted by atomic mass is 32.2. The number of benzene rings is 1. The van der Waals surface area contributed by atoms with Crippen LogP contribution >= 0.6 is 0 Å². The van der Waals surface area contributed by atoms with Crippen molar-refractivity contribution in [1.29, 1.82) is 0 Å². The van der Waals surface area contributed by atoms with Crippen molar-refractivity contribution in [2.45, 2.75) is 25.3 Å². The molecule has 2 N–H and O–H groups in total. The first-order valence-electron chi connectivity index (χ1n) is 6.02. The van der Waals surface area contributed by atoms with E-state index in [1.165, 1.54) is 11.1 Å². The van der Waals surface area contributed by atoms with Crippen LogP contribution in [0.1, 0.15) is 30.0 Å². The van der Waals surface area contributed by atoms with Gasteiger partial charge in [0.2, 0.25) is 0 Å². The minimum Gasteiger partial charge on any atom is -0.508 e. The molecule has 0 fully saturated rings. The predicted molar refractivity (Wildman–Crippen MR) is 70.7 cm³/mol. The highest BCUT2D eigenvalue weighted by Crippen LogP contribution is 2.32. The van der Waals surface area contributed by atoms with Crippen molar-refractivity contribution in [1.82, 2.24) is 5.32 Å². The number of hydrogen-bond donors (Lipinski definition) is 2. The van der Waals surface area contributed by atoms with Crippen molar-refractivity contribution in [3.63, 3.8) is 0 Å². The number of aromatic hydroxyl groups is 1. The van der Waals surface area contributed by atoms with Crippen LogP contribution in [0.2, 0.25) is 0 Å². The molecule has 1 aromatic rings. The number of fused-ring (bicyclic) bond motifs is 1. The van der Waals surface area contributed by atoms with E-state index >= 15 is 0 Å². The Morgan fingerprint density at radius 3 is 3.12 bits per heavy atom. The number of nitrogens with one attached hydrogen (secondary N) is 1. The zero-order valence-electron chi connectivity index (χ0n) is 10.1. The summed E-state index contributed by atoms with van der Waals surface area (Å²) < 4.78 is 10.9. The van der Waals surface area contributed by atoms with Crippen LogP contribution in [0.4, 0.5) is 0 Å². The van der Waals surface area contributed by atoms with Crippen LogP contribution in [0.25, 0.3) is 0 Å². The SMILES string of the molecule is CS(=O)CCCNC1CCc2cc(O)ccc21. The van der Waals surface area contributed by atoms with Gasteiger partial charge in [0.1, 0.15) is 5.75 Å². The van der Waals surface area contributed by atoms with Gasteiger partial charge in [-0.1, -0.05) is 6.07 Å². The number of aryl methyl sites for hydroxylation is 1. The van der Waals surface area contributed by atoms with Gasteiger partial charge in [-0.2, -0.15) is 0 Å². The molecule has 0 radical (unpaired) electrons. The summed E-state index contributed by atoms with van der Waals surface area (Å²) in [6.45, 7) is 0.907. The molecule has 0 saturated heterocycles. The molecule has 4 heteroatoms. The van der Waals surface area contributed by atoms with Crippen LogP contribution in [0.3, 0.4) is 0 Å². The van der Waals surface area contributed by atoms with Crippen LogP contribution in [-0.2, 0) is 17.2 Å². The Balaban J connectivity index is 1.87. The van der Waals surface area contributed by atoms with Gasteiger partial charge in [-0.3, -0.25) is 4.21 Å². The second kappa shape index (κ2) is 5.65. The minimum atomic E-state index is -0.690. The molecular weight excluding hydrogens is 234 g/mol. The van der Waals surface area contributed by atoms with Crippen LogP contribution in [0.15, 0.2) is 18.2 Å². The fourth-order valence-corrected chi connectivity index (χ4v) is 2.92. The zero-order valence-corrected chi connectivity index (χ0v) is 10.9. The highest BCUT2D eigenvalue weighted by molar-refractivity contribution is 7.84. The van der Waals surface area contributed by atoms with Crippen molar-refractivity contribution in [3.8, 4) is 5.75 Å². The normalized spacial score (nSPS) is 20.2. The van der Waals surface area contributed by atoms with E-state index in [0.29, 0.717) is 11.8 Å². The van der Waals surface area contributed by atoms with Gasteiger partial charge in [0.05, 0.1) is 0 Å². The molecular formula is C13H19NO2S. The largest absolute Gasteiger partial charge is 0.508 e. The second-order valence-electron chi connectivity index (χ2n) is 4.56. The maximum absolute atomic E-state index is 10.9. The maximum atomic E-state index is 10.9. The Morgan fingerprint density at radius 2 is 2.35 bits per heavy atom. The fraction of sp³-hybridized carbons (Fsp3) is 0.538. The Bertz CT molecular complexity index is 420. The van der Waals surface area contributed by atoms with Crippen LogP contribution < -0.4 is 5.32 Å². The minimum absolute atomic E-state index is 0.353. The van der Waals surface area contributed by atoms with E-state index in [-0.39, 0.29) is 0 Å². The molecule has 94 valence electrons. The first kappa shape index (κ1) is 12.6. The topological polar surface area (TPSA) is 49.3 Å². The van der Waals surface area contributed by atoms with E-state index in [2.05, 4.69) is 5.32 Å². The Labute approximate surface area is 105 Å². The van der Waals surface area contributed by atoms with Gasteiger partial charge >= 0.3 is 0 Å². The zero-order chi connectivity index (χ0) is 12.3. The molecule has 0 aliphatic heterocycles. The van der Waals surface area contributed by atoms with Crippen molar-refractivity contribution in [3.05, 3.63) is 29.3 Å². The Kier molecular flexibility index (Phi) is 4.18. The summed E-state index contributed by atoms with van der Waals surface area (Å²) >= 11 is 0. The van der Waals surface area contributed by atoms with Gasteiger partial charge < -0.3 is 10.4 Å². The molecule has 0 spiro atoms. The van der Waals surface area contributed by atoms with Crippen molar-refractivity contribution in [2.24, 2.45) is 0 Å². The molecule has 2 atom stereocenters. The number of hydrogen-bond acceptors (Lipinski definition) is 3. The molecule has 0 bridgehead atoms. The quantitative estimate of drug-likeness (QED) is 0.786. The maximum Gasteiger partial charge on any atom is 0.115 e. The average molecular weight is 253 g/mol. The van der Waals surface area contributed by atoms with Crippen LogP contribution in [-0.4, -0.2) is 27.9 Å². The van der Waals surface area contributed by atoms with E-state index in [1.54, 1.807) is 12.3 Å². The number of phenols is 1. The third-order valence-corrected chi connectivity index (χ3v) is 4.07. The molecule has 1 aliphatic rings. The van der Waals surface area contributed by atoms with Crippen molar-refractivity contribution < 1.29 is 9.32 Å². The van der Waals surface area contributed by atoms with Gasteiger partial charge in [0.15, 0.2) is 0 Å². The van der Waals surface area contributed by atoms with Crippen molar-refractivity contribution in [2.75, 3.05) is 18.6 Å². The lowest BCUT2D eigenvalue weighted by molar-refractivity contribution is 0.474. The van der Waals surface area contributed by atoms with Gasteiger partial charge in [-0.15, -0.1) is 0 Å². The van der Waals surface area contributed by atoms with E-state index < -0.39 is 10.8 Å². The van der Waals surface area contributed by atoms with Gasteiger partial charge in [0.25, 0.3) is 0 Å². The first-order chi connectivity index (χ1) is 8.16. The molecule has 1 aromatic carbocycles. The number of rotatable bonds is 5. The molecule has 0 aromatic heterocycles. The first-order valence-corrected chi connectivity index (χ1v) is 7.75. The Morgan fingerprint density at radius 1 is 1.53 bits per heavy atom. The molecule has 2 rings (SSSR count). The van der Waals surface area contributed by atoms with E-state index in [1.807, 2.05) is 12.1 Å². The summed E-state index contributed by atoms with van der Waals surface area (Å²) in [6, 6.07) is 6.02. The van der Waals surface area contributed by atoms with E-state index in [9.17, 15) is 9.32 Å².